The average molecular weight is 1080 g/mol. The predicted octanol–water partition coefficient (Wildman–Crippen LogP) is 15.7. The highest BCUT2D eigenvalue weighted by atomic mass is 16.7. The first-order valence-corrected chi connectivity index (χ1v) is 30.2. The van der Waals surface area contributed by atoms with E-state index in [1.54, 1.807) is 0 Å². The van der Waals surface area contributed by atoms with Crippen LogP contribution in [-0.2, 0) is 42.9 Å². The fourth-order valence-electron chi connectivity index (χ4n) is 8.59. The summed E-state index contributed by atoms with van der Waals surface area (Å²) >= 11 is 0. The molecule has 0 amide bonds. The zero-order chi connectivity index (χ0) is 56.1. The molecule has 0 bridgehead atoms. The molecule has 1 heterocycles. The Labute approximate surface area is 466 Å². The summed E-state index contributed by atoms with van der Waals surface area (Å²) in [6.07, 6.45) is 56.6. The van der Waals surface area contributed by atoms with E-state index in [-0.39, 0.29) is 25.9 Å². The fourth-order valence-corrected chi connectivity index (χ4v) is 8.59. The van der Waals surface area contributed by atoms with E-state index >= 15 is 0 Å². The number of aliphatic hydroxyl groups excluding tert-OH is 2. The Balaban J connectivity index is 2.74. The van der Waals surface area contributed by atoms with E-state index in [1.807, 2.05) is 6.08 Å². The number of carbonyl (C=O) groups excluding carboxylic acids is 3. The van der Waals surface area contributed by atoms with Crippen molar-refractivity contribution in [2.45, 2.75) is 276 Å². The third kappa shape index (κ3) is 42.3. The number of hydrogen-bond donors (Lipinski definition) is 3. The normalized spacial score (nSPS) is 18.7. The molecule has 12 heteroatoms. The molecule has 0 aromatic heterocycles. The Bertz CT molecular complexity index is 1710. The lowest BCUT2D eigenvalue weighted by molar-refractivity contribution is -0.301. The molecule has 0 spiro atoms. The number of esters is 3. The summed E-state index contributed by atoms with van der Waals surface area (Å²) in [5, 5.41) is 31.5. The molecule has 12 nitrogen and oxygen atoms in total. The molecule has 6 unspecified atom stereocenters. The summed E-state index contributed by atoms with van der Waals surface area (Å²) in [6.45, 7) is 5.71. The molecule has 0 saturated carbocycles. The van der Waals surface area contributed by atoms with Gasteiger partial charge < -0.3 is 39.0 Å². The molecular weight excluding hydrogens is 973 g/mol. The minimum Gasteiger partial charge on any atom is -0.479 e. The molecule has 77 heavy (non-hydrogen) atoms. The molecule has 0 aromatic rings. The molecule has 3 N–H and O–H groups in total. The van der Waals surface area contributed by atoms with E-state index in [4.69, 9.17) is 23.7 Å². The van der Waals surface area contributed by atoms with Gasteiger partial charge in [0.2, 0.25) is 0 Å². The second-order valence-electron chi connectivity index (χ2n) is 20.2. The van der Waals surface area contributed by atoms with E-state index in [1.165, 1.54) is 64.2 Å². The molecule has 438 valence electrons. The van der Waals surface area contributed by atoms with Crippen molar-refractivity contribution in [2.75, 3.05) is 13.2 Å². The lowest BCUT2D eigenvalue weighted by Crippen LogP contribution is -2.61. The minimum absolute atomic E-state index is 0.0520. The maximum atomic E-state index is 13.1. The van der Waals surface area contributed by atoms with E-state index < -0.39 is 67.3 Å². The van der Waals surface area contributed by atoms with Crippen molar-refractivity contribution < 1.29 is 58.2 Å². The molecule has 1 saturated heterocycles. The number of carbonyl (C=O) groups is 4. The summed E-state index contributed by atoms with van der Waals surface area (Å²) in [4.78, 5) is 51.2. The van der Waals surface area contributed by atoms with Crippen molar-refractivity contribution in [3.8, 4) is 0 Å². The molecule has 1 aliphatic heterocycles. The first-order valence-electron chi connectivity index (χ1n) is 30.2. The molecule has 0 radical (unpaired) electrons. The van der Waals surface area contributed by atoms with Crippen molar-refractivity contribution in [3.05, 3.63) is 97.2 Å². The highest BCUT2D eigenvalue weighted by Gasteiger charge is 2.50. The van der Waals surface area contributed by atoms with Crippen LogP contribution in [0.15, 0.2) is 97.2 Å². The van der Waals surface area contributed by atoms with Crippen molar-refractivity contribution in [1.82, 2.24) is 0 Å². The minimum atomic E-state index is -1.91. The molecule has 1 aliphatic rings. The first kappa shape index (κ1) is 70.7. The lowest BCUT2D eigenvalue weighted by Gasteiger charge is -2.40. The Kier molecular flexibility index (Phi) is 48.0. The zero-order valence-corrected chi connectivity index (χ0v) is 48.2. The summed E-state index contributed by atoms with van der Waals surface area (Å²) in [6, 6.07) is 0. The third-order valence-corrected chi connectivity index (χ3v) is 13.2. The molecule has 0 aromatic carbocycles. The number of hydrogen-bond acceptors (Lipinski definition) is 11. The fraction of sp³-hybridized carbons (Fsp3) is 0.692. The standard InChI is InChI=1S/C65H106O12/c1-4-7-10-13-16-19-22-25-28-29-32-33-36-39-42-45-48-51-57(66)73-54-56(75-58(67)52-49-46-43-40-37-34-30-26-23-20-17-14-11-8-5-2)55-74-65-63(61(70)60(69)62(77-65)64(71)72)76-59(68)53-50-47-44-41-38-35-31-27-24-21-18-15-12-9-6-3/h7-8,10-11,16-17,19-20,25-26,28,30,32-33,39,42,56,60-63,65,69-70H,4-6,9,12-15,18,21-24,27,29,31,34-38,40-41,43-55H2,1-3H3,(H,71,72)/b10-7-,11-8-,19-16-,20-17-,28-25-,30-26-,33-32-,42-39-. The van der Waals surface area contributed by atoms with Gasteiger partial charge in [0.15, 0.2) is 24.6 Å². The topological polar surface area (TPSA) is 175 Å². The second kappa shape index (κ2) is 52.3. The number of carboxylic acids is 1. The lowest BCUT2D eigenvalue weighted by atomic mass is 9.98. The van der Waals surface area contributed by atoms with Crippen LogP contribution >= 0.6 is 0 Å². The van der Waals surface area contributed by atoms with Gasteiger partial charge in [-0.2, -0.15) is 0 Å². The van der Waals surface area contributed by atoms with Gasteiger partial charge in [0, 0.05) is 19.3 Å². The highest BCUT2D eigenvalue weighted by Crippen LogP contribution is 2.26. The Hall–Kier alpha value is -4.36. The van der Waals surface area contributed by atoms with Gasteiger partial charge in [0.05, 0.1) is 6.61 Å². The quantitative estimate of drug-likeness (QED) is 0.0228. The van der Waals surface area contributed by atoms with Gasteiger partial charge in [-0.1, -0.05) is 227 Å². The highest BCUT2D eigenvalue weighted by molar-refractivity contribution is 5.74. The predicted molar refractivity (Wildman–Crippen MR) is 312 cm³/mol. The molecule has 0 aliphatic carbocycles. The van der Waals surface area contributed by atoms with Crippen molar-refractivity contribution in [1.29, 1.82) is 0 Å². The van der Waals surface area contributed by atoms with E-state index in [0.29, 0.717) is 25.7 Å². The Morgan fingerprint density at radius 1 is 0.442 bits per heavy atom. The zero-order valence-electron chi connectivity index (χ0n) is 48.2. The summed E-state index contributed by atoms with van der Waals surface area (Å²) in [5.41, 5.74) is 0. The smallest absolute Gasteiger partial charge is 0.335 e. The van der Waals surface area contributed by atoms with Crippen LogP contribution in [0, 0.1) is 0 Å². The van der Waals surface area contributed by atoms with Crippen molar-refractivity contribution in [2.24, 2.45) is 0 Å². The maximum absolute atomic E-state index is 13.1. The molecule has 6 atom stereocenters. The van der Waals surface area contributed by atoms with E-state index in [0.717, 1.165) is 109 Å². The van der Waals surface area contributed by atoms with Gasteiger partial charge in [-0.25, -0.2) is 4.79 Å². The average Bonchev–Trinajstić information content (AvgIpc) is 3.42. The molecular formula is C65H106O12. The largest absolute Gasteiger partial charge is 0.479 e. The van der Waals surface area contributed by atoms with Crippen LogP contribution in [0.5, 0.6) is 0 Å². The summed E-state index contributed by atoms with van der Waals surface area (Å²) in [5.74, 6) is -3.22. The Morgan fingerprint density at radius 3 is 1.29 bits per heavy atom. The summed E-state index contributed by atoms with van der Waals surface area (Å²) < 4.78 is 28.4. The second-order valence-corrected chi connectivity index (χ2v) is 20.2. The Morgan fingerprint density at radius 2 is 0.831 bits per heavy atom. The number of rotatable bonds is 50. The van der Waals surface area contributed by atoms with Crippen LogP contribution in [0.3, 0.4) is 0 Å². The van der Waals surface area contributed by atoms with E-state index in [2.05, 4.69) is 112 Å². The van der Waals surface area contributed by atoms with E-state index in [9.17, 15) is 34.5 Å². The number of allylic oxidation sites excluding steroid dienone is 16. The number of aliphatic hydroxyl groups is 2. The number of unbranched alkanes of at least 4 members (excludes halogenated alkanes) is 20. The number of aliphatic carboxylic acids is 1. The van der Waals surface area contributed by atoms with Crippen LogP contribution in [0.1, 0.15) is 239 Å². The van der Waals surface area contributed by atoms with Gasteiger partial charge in [-0.05, 0) is 89.9 Å². The third-order valence-electron chi connectivity index (χ3n) is 13.2. The summed E-state index contributed by atoms with van der Waals surface area (Å²) in [7, 11) is 0. The van der Waals surface area contributed by atoms with Crippen molar-refractivity contribution in [3.63, 3.8) is 0 Å². The van der Waals surface area contributed by atoms with Gasteiger partial charge in [0.25, 0.3) is 0 Å². The first-order chi connectivity index (χ1) is 37.6. The molecule has 1 fully saturated rings. The van der Waals surface area contributed by atoms with Crippen LogP contribution in [0.2, 0.25) is 0 Å². The van der Waals surface area contributed by atoms with Gasteiger partial charge >= 0.3 is 23.9 Å². The maximum Gasteiger partial charge on any atom is 0.335 e. The SMILES string of the molecule is CC/C=C\C/C=C\C/C=C\C/C=C\C/C=C\CCCC(=O)OCC(COC1OC(C(=O)O)C(O)C(O)C1OC(=O)CCCCCCCCCCCCCCCCC)OC(=O)CCCCCCC/C=C\C/C=C\C/C=C\CC. The number of carboxylic acid groups (broad SMARTS) is 1. The molecule has 1 rings (SSSR count). The van der Waals surface area contributed by atoms with Crippen LogP contribution < -0.4 is 0 Å². The van der Waals surface area contributed by atoms with Crippen molar-refractivity contribution >= 4 is 23.9 Å². The number of ether oxygens (including phenoxy) is 5. The van der Waals surface area contributed by atoms with Crippen LogP contribution in [0.4, 0.5) is 0 Å². The monoisotopic (exact) mass is 1080 g/mol. The van der Waals surface area contributed by atoms with Gasteiger partial charge in [-0.3, -0.25) is 14.4 Å². The van der Waals surface area contributed by atoms with Gasteiger partial charge in [0.1, 0.15) is 18.8 Å². The van der Waals surface area contributed by atoms with Gasteiger partial charge in [-0.15, -0.1) is 0 Å². The van der Waals surface area contributed by atoms with Crippen LogP contribution in [0.25, 0.3) is 0 Å². The van der Waals surface area contributed by atoms with Crippen LogP contribution in [-0.4, -0.2) is 89.2 Å².